The first-order chi connectivity index (χ1) is 17.2. The van der Waals surface area contributed by atoms with E-state index in [1.54, 1.807) is 6.20 Å². The second-order valence-electron chi connectivity index (χ2n) is 9.99. The van der Waals surface area contributed by atoms with Crippen molar-refractivity contribution in [2.75, 3.05) is 23.8 Å². The molecule has 5 rings (SSSR count). The summed E-state index contributed by atoms with van der Waals surface area (Å²) in [4.78, 5) is 22.0. The Balaban J connectivity index is 1.52. The van der Waals surface area contributed by atoms with Crippen molar-refractivity contribution in [3.63, 3.8) is 0 Å². The molecule has 3 aromatic rings. The number of amides is 1. The zero-order valence-electron chi connectivity index (χ0n) is 21.0. The molecule has 2 aliphatic heterocycles. The summed E-state index contributed by atoms with van der Waals surface area (Å²) in [7, 11) is 2.13. The van der Waals surface area contributed by atoms with Crippen LogP contribution in [0, 0.1) is 0 Å². The molecule has 0 aliphatic carbocycles. The van der Waals surface area contributed by atoms with Crippen molar-refractivity contribution in [2.45, 2.75) is 38.4 Å². The van der Waals surface area contributed by atoms with Gasteiger partial charge in [-0.1, -0.05) is 36.4 Å². The van der Waals surface area contributed by atoms with Gasteiger partial charge < -0.3 is 20.4 Å². The van der Waals surface area contributed by atoms with Gasteiger partial charge in [-0.15, -0.1) is 0 Å². The summed E-state index contributed by atoms with van der Waals surface area (Å²) < 4.78 is 0. The number of likely N-dealkylation sites (N-methyl/N-ethyl adjacent to an activating group) is 1. The summed E-state index contributed by atoms with van der Waals surface area (Å²) in [6.07, 6.45) is 4.09. The SMILES string of the molecule is CC1=CC(C)(C)N(C)c2ccc([C@H]3[C@H](c4ccccn4)NC(=S)N3CC(=O)Nc3ccccc3)cc21. The lowest BCUT2D eigenvalue weighted by atomic mass is 9.86. The normalized spacial score (nSPS) is 20.4. The van der Waals surface area contributed by atoms with Gasteiger partial charge in [0.2, 0.25) is 5.91 Å². The fourth-order valence-electron chi connectivity index (χ4n) is 5.18. The molecule has 0 spiro atoms. The van der Waals surface area contributed by atoms with Crippen molar-refractivity contribution >= 4 is 40.2 Å². The van der Waals surface area contributed by atoms with Gasteiger partial charge in [0, 0.05) is 30.2 Å². The Bertz CT molecular complexity index is 1320. The molecule has 36 heavy (non-hydrogen) atoms. The molecule has 2 aliphatic rings. The van der Waals surface area contributed by atoms with Crippen LogP contribution >= 0.6 is 12.2 Å². The molecule has 0 saturated carbocycles. The number of aromatic nitrogens is 1. The number of allylic oxidation sites excluding steroid dienone is 1. The largest absolute Gasteiger partial charge is 0.366 e. The minimum Gasteiger partial charge on any atom is -0.366 e. The van der Waals surface area contributed by atoms with Gasteiger partial charge in [-0.3, -0.25) is 9.78 Å². The number of fused-ring (bicyclic) bond motifs is 1. The lowest BCUT2D eigenvalue weighted by molar-refractivity contribution is -0.116. The number of hydrogen-bond donors (Lipinski definition) is 2. The van der Waals surface area contributed by atoms with Crippen LogP contribution in [0.4, 0.5) is 11.4 Å². The minimum absolute atomic E-state index is 0.0624. The number of carbonyl (C=O) groups excluding carboxylic acids is 1. The maximum Gasteiger partial charge on any atom is 0.244 e. The number of nitrogens with one attached hydrogen (secondary N) is 2. The quantitative estimate of drug-likeness (QED) is 0.465. The molecule has 7 heteroatoms. The number of pyridine rings is 1. The first kappa shape index (κ1) is 24.0. The van der Waals surface area contributed by atoms with Gasteiger partial charge in [0.25, 0.3) is 0 Å². The topological polar surface area (TPSA) is 60.5 Å². The van der Waals surface area contributed by atoms with E-state index in [1.165, 1.54) is 16.8 Å². The van der Waals surface area contributed by atoms with Crippen molar-refractivity contribution in [1.29, 1.82) is 0 Å². The molecule has 0 bridgehead atoms. The molecule has 3 heterocycles. The molecule has 1 aromatic heterocycles. The van der Waals surface area contributed by atoms with E-state index in [1.807, 2.05) is 53.4 Å². The monoisotopic (exact) mass is 497 g/mol. The van der Waals surface area contributed by atoms with Crippen molar-refractivity contribution < 1.29 is 4.79 Å². The van der Waals surface area contributed by atoms with Gasteiger partial charge in [-0.25, -0.2) is 0 Å². The van der Waals surface area contributed by atoms with Crippen LogP contribution in [0.3, 0.4) is 0 Å². The molecular weight excluding hydrogens is 466 g/mol. The van der Waals surface area contributed by atoms with Gasteiger partial charge in [0.15, 0.2) is 5.11 Å². The fraction of sp³-hybridized carbons (Fsp3) is 0.276. The zero-order valence-corrected chi connectivity index (χ0v) is 21.8. The molecule has 1 amide bonds. The summed E-state index contributed by atoms with van der Waals surface area (Å²) in [5.41, 5.74) is 6.31. The molecule has 2 aromatic carbocycles. The van der Waals surface area contributed by atoms with E-state index >= 15 is 0 Å². The number of anilines is 2. The Morgan fingerprint density at radius 1 is 1.11 bits per heavy atom. The third kappa shape index (κ3) is 4.46. The Kier molecular flexibility index (Phi) is 6.26. The molecule has 0 unspecified atom stereocenters. The number of hydrogen-bond acceptors (Lipinski definition) is 4. The number of para-hydroxylation sites is 1. The Labute approximate surface area is 218 Å². The van der Waals surface area contributed by atoms with E-state index in [4.69, 9.17) is 12.2 Å². The second-order valence-corrected chi connectivity index (χ2v) is 10.4. The van der Waals surface area contributed by atoms with Gasteiger partial charge >= 0.3 is 0 Å². The van der Waals surface area contributed by atoms with Gasteiger partial charge in [0.05, 0.1) is 23.3 Å². The zero-order chi connectivity index (χ0) is 25.4. The third-order valence-electron chi connectivity index (χ3n) is 7.15. The maximum atomic E-state index is 13.1. The molecule has 2 atom stereocenters. The molecule has 6 nitrogen and oxygen atoms in total. The number of nitrogens with zero attached hydrogens (tertiary/aromatic N) is 3. The molecule has 2 N–H and O–H groups in total. The second kappa shape index (κ2) is 9.39. The van der Waals surface area contributed by atoms with Crippen molar-refractivity contribution in [3.05, 3.63) is 95.8 Å². The average Bonchev–Trinajstić information content (AvgIpc) is 3.19. The summed E-state index contributed by atoms with van der Waals surface area (Å²) in [6.45, 7) is 6.73. The van der Waals surface area contributed by atoms with E-state index in [0.29, 0.717) is 5.11 Å². The average molecular weight is 498 g/mol. The summed E-state index contributed by atoms with van der Waals surface area (Å²) in [5.74, 6) is -0.118. The Hall–Kier alpha value is -3.71. The summed E-state index contributed by atoms with van der Waals surface area (Å²) in [6, 6.07) is 21.6. The van der Waals surface area contributed by atoms with E-state index in [0.717, 1.165) is 16.9 Å². The van der Waals surface area contributed by atoms with Crippen LogP contribution in [0.5, 0.6) is 0 Å². The van der Waals surface area contributed by atoms with Crippen molar-refractivity contribution in [3.8, 4) is 0 Å². The van der Waals surface area contributed by atoms with E-state index in [2.05, 4.69) is 72.6 Å². The Morgan fingerprint density at radius 2 is 1.86 bits per heavy atom. The van der Waals surface area contributed by atoms with Crippen LogP contribution < -0.4 is 15.5 Å². The number of carbonyl (C=O) groups is 1. The lowest BCUT2D eigenvalue weighted by Gasteiger charge is -2.41. The van der Waals surface area contributed by atoms with Crippen LogP contribution in [0.2, 0.25) is 0 Å². The minimum atomic E-state index is -0.188. The maximum absolute atomic E-state index is 13.1. The van der Waals surface area contributed by atoms with Crippen molar-refractivity contribution in [1.82, 2.24) is 15.2 Å². The highest BCUT2D eigenvalue weighted by Gasteiger charge is 2.41. The first-order valence-electron chi connectivity index (χ1n) is 12.2. The van der Waals surface area contributed by atoms with Crippen molar-refractivity contribution in [2.24, 2.45) is 0 Å². The van der Waals surface area contributed by atoms with E-state index in [-0.39, 0.29) is 30.1 Å². The summed E-state index contributed by atoms with van der Waals surface area (Å²) in [5, 5.41) is 6.97. The van der Waals surface area contributed by atoms with E-state index < -0.39 is 0 Å². The smallest absolute Gasteiger partial charge is 0.244 e. The van der Waals surface area contributed by atoms with Crippen LogP contribution in [-0.2, 0) is 4.79 Å². The number of rotatable bonds is 5. The molecule has 0 radical (unpaired) electrons. The van der Waals surface area contributed by atoms with Gasteiger partial charge in [0.1, 0.15) is 6.54 Å². The van der Waals surface area contributed by atoms with E-state index in [9.17, 15) is 4.79 Å². The number of thiocarbonyl (C=S) groups is 1. The van der Waals surface area contributed by atoms with Crippen LogP contribution in [-0.4, -0.2) is 40.0 Å². The highest BCUT2D eigenvalue weighted by molar-refractivity contribution is 7.80. The molecular formula is C29H31N5OS. The predicted molar refractivity (Wildman–Crippen MR) is 150 cm³/mol. The van der Waals surface area contributed by atoms with Gasteiger partial charge in [-0.2, -0.15) is 0 Å². The molecule has 184 valence electrons. The molecule has 1 fully saturated rings. The fourth-order valence-corrected chi connectivity index (χ4v) is 5.48. The standard InChI is InChI=1S/C29H31N5OS/c1-19-17-29(2,3)33(4)24-14-13-20(16-22(19)24)27-26(23-12-8-9-15-30-23)32-28(36)34(27)18-25(35)31-21-10-6-5-7-11-21/h5-17,26-27H,18H2,1-4H3,(H,31,35)(H,32,36)/t26-,27-/m0/s1. The Morgan fingerprint density at radius 3 is 2.58 bits per heavy atom. The third-order valence-corrected chi connectivity index (χ3v) is 7.50. The first-order valence-corrected chi connectivity index (χ1v) is 12.6. The summed E-state index contributed by atoms with van der Waals surface area (Å²) >= 11 is 5.76. The highest BCUT2D eigenvalue weighted by atomic mass is 32.1. The van der Waals surface area contributed by atoms with Crippen LogP contribution in [0.25, 0.3) is 5.57 Å². The van der Waals surface area contributed by atoms with Crippen LogP contribution in [0.15, 0.2) is 79.0 Å². The number of benzene rings is 2. The highest BCUT2D eigenvalue weighted by Crippen LogP contribution is 2.43. The van der Waals surface area contributed by atoms with Gasteiger partial charge in [-0.05, 0) is 80.5 Å². The lowest BCUT2D eigenvalue weighted by Crippen LogP contribution is -2.42. The predicted octanol–water partition coefficient (Wildman–Crippen LogP) is 5.32. The van der Waals surface area contributed by atoms with Crippen LogP contribution in [0.1, 0.15) is 49.7 Å². The molecule has 1 saturated heterocycles.